The maximum absolute atomic E-state index is 12.9. The third-order valence-corrected chi connectivity index (χ3v) is 4.75. The lowest BCUT2D eigenvalue weighted by molar-refractivity contribution is -0.385. The highest BCUT2D eigenvalue weighted by molar-refractivity contribution is 6.01. The van der Waals surface area contributed by atoms with Gasteiger partial charge in [-0.25, -0.2) is 9.59 Å². The van der Waals surface area contributed by atoms with Gasteiger partial charge >= 0.3 is 11.9 Å². The summed E-state index contributed by atoms with van der Waals surface area (Å²) in [5, 5.41) is 30.7. The van der Waals surface area contributed by atoms with Crippen LogP contribution in [0.25, 0.3) is 0 Å². The number of carboxylic acids is 1. The first kappa shape index (κ1) is 21.7. The van der Waals surface area contributed by atoms with E-state index in [4.69, 9.17) is 9.47 Å². The van der Waals surface area contributed by atoms with Crippen LogP contribution in [0.4, 0.5) is 5.69 Å². The van der Waals surface area contributed by atoms with Crippen LogP contribution in [-0.2, 0) is 4.79 Å². The van der Waals surface area contributed by atoms with Gasteiger partial charge in [0, 0.05) is 19.0 Å². The van der Waals surface area contributed by atoms with Crippen molar-refractivity contribution in [2.24, 2.45) is 0 Å². The van der Waals surface area contributed by atoms with Crippen LogP contribution in [-0.4, -0.2) is 63.7 Å². The molecule has 1 aliphatic rings. The molecule has 162 valence electrons. The number of rotatable bonds is 6. The molecule has 11 heteroatoms. The second-order valence-corrected chi connectivity index (χ2v) is 6.73. The molecule has 1 heterocycles. The SMILES string of the molecule is COc1cc(C(=O)N2C[C@H](O)C[C@H]2C(=O)O)c([N+](=O)[O-])cc1OC(=O)c1ccccc1. The zero-order valence-electron chi connectivity index (χ0n) is 16.3. The van der Waals surface area contributed by atoms with Crippen LogP contribution in [0.15, 0.2) is 42.5 Å². The van der Waals surface area contributed by atoms with Crippen molar-refractivity contribution in [2.45, 2.75) is 18.6 Å². The number of methoxy groups -OCH3 is 1. The molecule has 1 amide bonds. The number of esters is 1. The molecule has 3 rings (SSSR count). The third-order valence-electron chi connectivity index (χ3n) is 4.75. The minimum atomic E-state index is -1.34. The van der Waals surface area contributed by atoms with E-state index >= 15 is 0 Å². The second-order valence-electron chi connectivity index (χ2n) is 6.73. The summed E-state index contributed by atoms with van der Waals surface area (Å²) in [6.45, 7) is -0.292. The van der Waals surface area contributed by atoms with Crippen LogP contribution >= 0.6 is 0 Å². The minimum Gasteiger partial charge on any atom is -0.493 e. The maximum Gasteiger partial charge on any atom is 0.343 e. The van der Waals surface area contributed by atoms with Crippen LogP contribution in [0, 0.1) is 10.1 Å². The molecule has 0 unspecified atom stereocenters. The molecule has 2 atom stereocenters. The number of carbonyl (C=O) groups is 3. The van der Waals surface area contributed by atoms with E-state index in [1.54, 1.807) is 18.2 Å². The van der Waals surface area contributed by atoms with E-state index in [1.807, 2.05) is 0 Å². The first-order valence-electron chi connectivity index (χ1n) is 9.08. The maximum atomic E-state index is 12.9. The number of nitrogens with zero attached hydrogens (tertiary/aromatic N) is 2. The summed E-state index contributed by atoms with van der Waals surface area (Å²) < 4.78 is 10.4. The lowest BCUT2D eigenvalue weighted by atomic mass is 10.1. The van der Waals surface area contributed by atoms with E-state index in [0.717, 1.165) is 17.0 Å². The third kappa shape index (κ3) is 4.46. The van der Waals surface area contributed by atoms with Crippen molar-refractivity contribution in [3.8, 4) is 11.5 Å². The number of ether oxygens (including phenoxy) is 2. The summed E-state index contributed by atoms with van der Waals surface area (Å²) in [5.41, 5.74) is -0.961. The summed E-state index contributed by atoms with van der Waals surface area (Å²) in [5.74, 6) is -3.51. The summed E-state index contributed by atoms with van der Waals surface area (Å²) in [7, 11) is 1.22. The number of nitro groups is 1. The van der Waals surface area contributed by atoms with Gasteiger partial charge in [0.2, 0.25) is 0 Å². The molecule has 1 aliphatic heterocycles. The van der Waals surface area contributed by atoms with Gasteiger partial charge in [0.15, 0.2) is 11.5 Å². The molecule has 0 radical (unpaired) electrons. The van der Waals surface area contributed by atoms with Gasteiger partial charge in [-0.3, -0.25) is 14.9 Å². The van der Waals surface area contributed by atoms with Crippen molar-refractivity contribution in [3.05, 3.63) is 63.7 Å². The molecule has 2 aromatic carbocycles. The Morgan fingerprint density at radius 3 is 2.42 bits per heavy atom. The molecule has 1 saturated heterocycles. The lowest BCUT2D eigenvalue weighted by Gasteiger charge is -2.21. The van der Waals surface area contributed by atoms with Gasteiger partial charge in [0.05, 0.1) is 29.8 Å². The van der Waals surface area contributed by atoms with E-state index in [0.29, 0.717) is 0 Å². The Morgan fingerprint density at radius 2 is 1.84 bits per heavy atom. The minimum absolute atomic E-state index is 0.134. The largest absolute Gasteiger partial charge is 0.493 e. The predicted molar refractivity (Wildman–Crippen MR) is 104 cm³/mol. The highest BCUT2D eigenvalue weighted by Crippen LogP contribution is 2.36. The number of amides is 1. The van der Waals surface area contributed by atoms with E-state index in [-0.39, 0.29) is 30.0 Å². The number of hydrogen-bond donors (Lipinski definition) is 2. The van der Waals surface area contributed by atoms with Crippen molar-refractivity contribution in [1.82, 2.24) is 4.90 Å². The van der Waals surface area contributed by atoms with E-state index < -0.39 is 46.2 Å². The number of carbonyl (C=O) groups excluding carboxylic acids is 2. The molecular formula is C20H18N2O9. The smallest absolute Gasteiger partial charge is 0.343 e. The molecule has 0 aliphatic carbocycles. The zero-order chi connectivity index (χ0) is 22.7. The molecule has 0 aromatic heterocycles. The van der Waals surface area contributed by atoms with Crippen molar-refractivity contribution >= 4 is 23.5 Å². The average molecular weight is 430 g/mol. The quantitative estimate of drug-likeness (QED) is 0.300. The van der Waals surface area contributed by atoms with Gasteiger partial charge < -0.3 is 24.6 Å². The molecule has 0 spiro atoms. The van der Waals surface area contributed by atoms with Crippen LogP contribution < -0.4 is 9.47 Å². The number of aliphatic carboxylic acids is 1. The predicted octanol–water partition coefficient (Wildman–Crippen LogP) is 1.48. The second kappa shape index (κ2) is 8.79. The van der Waals surface area contributed by atoms with Crippen LogP contribution in [0.3, 0.4) is 0 Å². The van der Waals surface area contributed by atoms with Crippen molar-refractivity contribution < 1.29 is 39.0 Å². The van der Waals surface area contributed by atoms with Crippen LogP contribution in [0.5, 0.6) is 11.5 Å². The van der Waals surface area contributed by atoms with E-state index in [1.165, 1.54) is 19.2 Å². The number of β-amino-alcohol motifs (C(OH)–C–C–N with tert-alkyl or cyclic N) is 1. The normalized spacial score (nSPS) is 17.8. The average Bonchev–Trinajstić information content (AvgIpc) is 3.15. The topological polar surface area (TPSA) is 157 Å². The number of likely N-dealkylation sites (tertiary alicyclic amines) is 1. The first-order valence-corrected chi connectivity index (χ1v) is 9.08. The number of nitro benzene ring substituents is 1. The Hall–Kier alpha value is -3.99. The Balaban J connectivity index is 2.00. The van der Waals surface area contributed by atoms with Gasteiger partial charge in [-0.1, -0.05) is 18.2 Å². The Morgan fingerprint density at radius 1 is 1.16 bits per heavy atom. The monoisotopic (exact) mass is 430 g/mol. The fourth-order valence-electron chi connectivity index (χ4n) is 3.27. The Kier molecular flexibility index (Phi) is 6.16. The molecule has 1 fully saturated rings. The Bertz CT molecular complexity index is 1040. The Labute approximate surface area is 175 Å². The molecule has 0 saturated carbocycles. The number of carboxylic acid groups (broad SMARTS) is 1. The van der Waals surface area contributed by atoms with Crippen molar-refractivity contribution in [1.29, 1.82) is 0 Å². The summed E-state index contributed by atoms with van der Waals surface area (Å²) in [6.07, 6.45) is -1.27. The molecular weight excluding hydrogens is 412 g/mol. The highest BCUT2D eigenvalue weighted by Gasteiger charge is 2.41. The van der Waals surface area contributed by atoms with Crippen molar-refractivity contribution in [2.75, 3.05) is 13.7 Å². The van der Waals surface area contributed by atoms with Crippen molar-refractivity contribution in [3.63, 3.8) is 0 Å². The van der Waals surface area contributed by atoms with Crippen LogP contribution in [0.2, 0.25) is 0 Å². The first-order chi connectivity index (χ1) is 14.7. The van der Waals surface area contributed by atoms with Gasteiger partial charge in [0.1, 0.15) is 11.6 Å². The molecule has 0 bridgehead atoms. The van der Waals surface area contributed by atoms with Gasteiger partial charge in [-0.15, -0.1) is 0 Å². The summed E-state index contributed by atoms with van der Waals surface area (Å²) >= 11 is 0. The standard InChI is InChI=1S/C20H18N2O9/c1-30-16-8-13(18(24)21-10-12(23)7-15(21)19(25)26)14(22(28)29)9-17(16)31-20(27)11-5-3-2-4-6-11/h2-6,8-9,12,15,23H,7,10H2,1H3,(H,25,26)/t12-,15+/m1/s1. The number of hydrogen-bond acceptors (Lipinski definition) is 8. The number of aliphatic hydroxyl groups excluding tert-OH is 1. The van der Waals surface area contributed by atoms with Gasteiger partial charge in [-0.2, -0.15) is 0 Å². The zero-order valence-corrected chi connectivity index (χ0v) is 16.3. The molecule has 31 heavy (non-hydrogen) atoms. The highest BCUT2D eigenvalue weighted by atomic mass is 16.6. The van der Waals surface area contributed by atoms with E-state index in [9.17, 15) is 34.7 Å². The molecule has 2 aromatic rings. The number of benzene rings is 2. The number of aliphatic hydroxyl groups is 1. The fraction of sp³-hybridized carbons (Fsp3) is 0.250. The molecule has 11 nitrogen and oxygen atoms in total. The molecule has 2 N–H and O–H groups in total. The van der Waals surface area contributed by atoms with Gasteiger partial charge in [0.25, 0.3) is 11.6 Å². The van der Waals surface area contributed by atoms with Gasteiger partial charge in [-0.05, 0) is 12.1 Å². The lowest BCUT2D eigenvalue weighted by Crippen LogP contribution is -2.40. The summed E-state index contributed by atoms with van der Waals surface area (Å²) in [6, 6.07) is 8.46. The summed E-state index contributed by atoms with van der Waals surface area (Å²) in [4.78, 5) is 48.3. The fourth-order valence-corrected chi connectivity index (χ4v) is 3.27. The van der Waals surface area contributed by atoms with E-state index in [2.05, 4.69) is 0 Å². The van der Waals surface area contributed by atoms with Crippen LogP contribution in [0.1, 0.15) is 27.1 Å².